The highest BCUT2D eigenvalue weighted by Gasteiger charge is 2.37. The molecule has 0 saturated heterocycles. The van der Waals surface area contributed by atoms with Crippen LogP contribution in [0, 0.1) is 16.4 Å². The van der Waals surface area contributed by atoms with Gasteiger partial charge < -0.3 is 14.8 Å². The van der Waals surface area contributed by atoms with Gasteiger partial charge in [-0.1, -0.05) is 71.8 Å². The maximum atomic E-state index is 6.32. The van der Waals surface area contributed by atoms with Crippen molar-refractivity contribution in [2.24, 2.45) is 10.9 Å². The number of aryl methyl sites for hydroxylation is 1. The van der Waals surface area contributed by atoms with Crippen LogP contribution in [0.5, 0.6) is 11.5 Å². The van der Waals surface area contributed by atoms with Gasteiger partial charge in [-0.3, -0.25) is 4.99 Å². The molecule has 6 heteroatoms. The van der Waals surface area contributed by atoms with Gasteiger partial charge in [0.05, 0.1) is 21.9 Å². The lowest BCUT2D eigenvalue weighted by Crippen LogP contribution is -2.29. The maximum Gasteiger partial charge on any atom is 0.175 e. The average Bonchev–Trinajstić information content (AvgIpc) is 3.47. The minimum atomic E-state index is 0.275. The Labute approximate surface area is 260 Å². The quantitative estimate of drug-likeness (QED) is 0.115. The molecule has 0 spiro atoms. The zero-order valence-electron chi connectivity index (χ0n) is 23.1. The minimum Gasteiger partial charge on any atom is -0.490 e. The second-order valence-corrected chi connectivity index (χ2v) is 12.1. The van der Waals surface area contributed by atoms with E-state index in [9.17, 15) is 0 Å². The van der Waals surface area contributed by atoms with Crippen molar-refractivity contribution < 1.29 is 9.47 Å². The van der Waals surface area contributed by atoms with Crippen LogP contribution in [0.2, 0.25) is 5.02 Å². The molecule has 1 aliphatic heterocycles. The Bertz CT molecular complexity index is 1620. The Kier molecular flexibility index (Phi) is 8.35. The Balaban J connectivity index is 1.18. The molecule has 4 nitrogen and oxygen atoms in total. The standard InChI is InChI=1S/C35H32ClIN2O2/c1-3-40-33-19-23(18-31(37)35(33)41-21-25-7-4-5-10-30(25)36)20-38-26-14-12-24(13-15-26)34-28-9-6-8-27(28)29-17-22(2)11-16-32(29)39-34/h4-8,10-20,27-28,34,39H,3,9,21H2,1-2H3/t27-,28+,34+/m1/s1. The van der Waals surface area contributed by atoms with Crippen molar-refractivity contribution in [1.82, 2.24) is 0 Å². The first kappa shape index (κ1) is 27.9. The summed E-state index contributed by atoms with van der Waals surface area (Å²) in [5.74, 6) is 2.40. The van der Waals surface area contributed by atoms with Crippen LogP contribution in [0.25, 0.3) is 0 Å². The first-order valence-electron chi connectivity index (χ1n) is 14.0. The molecule has 0 fully saturated rings. The van der Waals surface area contributed by atoms with Gasteiger partial charge >= 0.3 is 0 Å². The van der Waals surface area contributed by atoms with E-state index < -0.39 is 0 Å². The van der Waals surface area contributed by atoms with Gasteiger partial charge in [-0.2, -0.15) is 0 Å². The lowest BCUT2D eigenvalue weighted by atomic mass is 9.76. The fourth-order valence-electron chi connectivity index (χ4n) is 5.79. The SMILES string of the molecule is CCOc1cc(C=Nc2ccc([C@@H]3Nc4ccc(C)cc4[C@@H]4C=CC[C@@H]43)cc2)cc(I)c1OCc1ccccc1Cl. The van der Waals surface area contributed by atoms with E-state index in [1.54, 1.807) is 0 Å². The van der Waals surface area contributed by atoms with Crippen molar-refractivity contribution in [2.45, 2.75) is 38.8 Å². The van der Waals surface area contributed by atoms with Crippen LogP contribution in [0.4, 0.5) is 11.4 Å². The van der Waals surface area contributed by atoms with Gasteiger partial charge in [0.15, 0.2) is 11.5 Å². The fourth-order valence-corrected chi connectivity index (χ4v) is 6.76. The number of ether oxygens (including phenoxy) is 2. The van der Waals surface area contributed by atoms with Gasteiger partial charge in [-0.25, -0.2) is 0 Å². The van der Waals surface area contributed by atoms with Crippen LogP contribution in [0.15, 0.2) is 96.0 Å². The third-order valence-electron chi connectivity index (χ3n) is 7.79. The molecule has 0 aromatic heterocycles. The molecular formula is C35H32ClIN2O2. The number of benzene rings is 4. The highest BCUT2D eigenvalue weighted by Crippen LogP contribution is 2.50. The lowest BCUT2D eigenvalue weighted by Gasteiger charge is -2.37. The van der Waals surface area contributed by atoms with Gasteiger partial charge in [-0.15, -0.1) is 0 Å². The molecule has 1 N–H and O–H groups in total. The number of fused-ring (bicyclic) bond motifs is 3. The highest BCUT2D eigenvalue weighted by atomic mass is 127. The molecule has 1 aliphatic carbocycles. The molecule has 4 aromatic rings. The Morgan fingerprint density at radius 2 is 1.85 bits per heavy atom. The zero-order valence-corrected chi connectivity index (χ0v) is 26.0. The number of rotatable bonds is 8. The van der Waals surface area contributed by atoms with Crippen LogP contribution in [0.3, 0.4) is 0 Å². The van der Waals surface area contributed by atoms with Gasteiger partial charge in [0.25, 0.3) is 0 Å². The minimum absolute atomic E-state index is 0.275. The second-order valence-electron chi connectivity index (χ2n) is 10.6. The van der Waals surface area contributed by atoms with Crippen molar-refractivity contribution in [2.75, 3.05) is 11.9 Å². The van der Waals surface area contributed by atoms with Crippen LogP contribution >= 0.6 is 34.2 Å². The normalized spacial score (nSPS) is 19.1. The van der Waals surface area contributed by atoms with Gasteiger partial charge in [-0.05, 0) is 102 Å². The predicted octanol–water partition coefficient (Wildman–Crippen LogP) is 9.81. The summed E-state index contributed by atoms with van der Waals surface area (Å²) < 4.78 is 13.1. The van der Waals surface area contributed by atoms with E-state index >= 15 is 0 Å². The summed E-state index contributed by atoms with van der Waals surface area (Å²) in [7, 11) is 0. The van der Waals surface area contributed by atoms with Crippen molar-refractivity contribution in [3.8, 4) is 11.5 Å². The lowest BCUT2D eigenvalue weighted by molar-refractivity contribution is 0.267. The number of hydrogen-bond donors (Lipinski definition) is 1. The Morgan fingerprint density at radius 3 is 2.66 bits per heavy atom. The average molecular weight is 675 g/mol. The monoisotopic (exact) mass is 674 g/mol. The van der Waals surface area contributed by atoms with E-state index in [2.05, 4.69) is 95.5 Å². The predicted molar refractivity (Wildman–Crippen MR) is 177 cm³/mol. The van der Waals surface area contributed by atoms with Gasteiger partial charge in [0.2, 0.25) is 0 Å². The second kappa shape index (κ2) is 12.3. The molecule has 0 saturated carbocycles. The molecule has 0 unspecified atom stereocenters. The zero-order chi connectivity index (χ0) is 28.3. The molecule has 0 bridgehead atoms. The summed E-state index contributed by atoms with van der Waals surface area (Å²) in [6.45, 7) is 5.05. The number of anilines is 1. The summed E-state index contributed by atoms with van der Waals surface area (Å²) in [5.41, 5.74) is 8.07. The summed E-state index contributed by atoms with van der Waals surface area (Å²) in [4.78, 5) is 4.78. The summed E-state index contributed by atoms with van der Waals surface area (Å²) >= 11 is 8.61. The topological polar surface area (TPSA) is 42.8 Å². The molecule has 0 amide bonds. The van der Waals surface area contributed by atoms with E-state index in [0.29, 0.717) is 41.6 Å². The van der Waals surface area contributed by atoms with Crippen LogP contribution in [0.1, 0.15) is 53.1 Å². The molecule has 6 rings (SSSR count). The Morgan fingerprint density at radius 1 is 1.02 bits per heavy atom. The molecule has 3 atom stereocenters. The molecule has 41 heavy (non-hydrogen) atoms. The van der Waals surface area contributed by atoms with Crippen molar-refractivity contribution in [3.63, 3.8) is 0 Å². The summed E-state index contributed by atoms with van der Waals surface area (Å²) in [6, 6.07) is 27.4. The largest absolute Gasteiger partial charge is 0.490 e. The Hall–Kier alpha value is -3.29. The van der Waals surface area contributed by atoms with Crippen LogP contribution in [-0.4, -0.2) is 12.8 Å². The summed E-state index contributed by atoms with van der Waals surface area (Å²) in [6.07, 6.45) is 7.70. The van der Waals surface area contributed by atoms with Gasteiger partial charge in [0.1, 0.15) is 6.61 Å². The molecule has 0 radical (unpaired) electrons. The van der Waals surface area contributed by atoms with E-state index in [4.69, 9.17) is 26.1 Å². The van der Waals surface area contributed by atoms with E-state index in [1.807, 2.05) is 43.5 Å². The number of nitrogens with one attached hydrogen (secondary N) is 1. The van der Waals surface area contributed by atoms with E-state index in [0.717, 1.165) is 26.8 Å². The number of nitrogens with zero attached hydrogens (tertiary/aromatic N) is 1. The fraction of sp³-hybridized carbons (Fsp3) is 0.229. The van der Waals surface area contributed by atoms with E-state index in [-0.39, 0.29) is 6.04 Å². The molecule has 2 aliphatic rings. The molecule has 1 heterocycles. The smallest absolute Gasteiger partial charge is 0.175 e. The number of aliphatic imine (C=N–C) groups is 1. The molecule has 208 valence electrons. The molecule has 4 aromatic carbocycles. The maximum absolute atomic E-state index is 6.32. The highest BCUT2D eigenvalue weighted by molar-refractivity contribution is 14.1. The van der Waals surface area contributed by atoms with E-state index in [1.165, 1.54) is 22.4 Å². The number of allylic oxidation sites excluding steroid dienone is 2. The first-order valence-corrected chi connectivity index (χ1v) is 15.5. The molecular weight excluding hydrogens is 643 g/mol. The van der Waals surface area contributed by atoms with Crippen LogP contribution < -0.4 is 14.8 Å². The van der Waals surface area contributed by atoms with Crippen molar-refractivity contribution in [3.05, 3.63) is 127 Å². The summed E-state index contributed by atoms with van der Waals surface area (Å²) in [5, 5.41) is 4.52. The number of hydrogen-bond acceptors (Lipinski definition) is 4. The first-order chi connectivity index (χ1) is 20.0. The van der Waals surface area contributed by atoms with Gasteiger partial charge in [0, 0.05) is 28.4 Å². The van der Waals surface area contributed by atoms with Crippen molar-refractivity contribution >= 4 is 51.8 Å². The third-order valence-corrected chi connectivity index (χ3v) is 8.96. The third kappa shape index (κ3) is 6.02. The van der Waals surface area contributed by atoms with Crippen LogP contribution in [-0.2, 0) is 6.61 Å². The number of halogens is 2. The van der Waals surface area contributed by atoms with Crippen molar-refractivity contribution in [1.29, 1.82) is 0 Å².